The van der Waals surface area contributed by atoms with Crippen LogP contribution in [0.1, 0.15) is 18.4 Å². The molecule has 72 valence electrons. The third kappa shape index (κ3) is 0.775. The van der Waals surface area contributed by atoms with Gasteiger partial charge in [0.05, 0.1) is 11.1 Å². The van der Waals surface area contributed by atoms with E-state index in [1.807, 2.05) is 0 Å². The van der Waals surface area contributed by atoms with Gasteiger partial charge in [-0.25, -0.2) is 4.39 Å². The van der Waals surface area contributed by atoms with Crippen LogP contribution in [0.25, 0.3) is 0 Å². The van der Waals surface area contributed by atoms with Gasteiger partial charge >= 0.3 is 0 Å². The van der Waals surface area contributed by atoms with E-state index < -0.39 is 11.6 Å². The number of benzene rings is 1. The molecule has 1 aliphatic heterocycles. The highest BCUT2D eigenvalue weighted by Crippen LogP contribution is 2.51. The Kier molecular flexibility index (Phi) is 1.34. The van der Waals surface area contributed by atoms with Crippen molar-refractivity contribution in [2.24, 2.45) is 4.99 Å². The molecule has 0 amide bonds. The van der Waals surface area contributed by atoms with Gasteiger partial charge in [-0.1, -0.05) is 0 Å². The number of alkyl halides is 1. The van der Waals surface area contributed by atoms with Crippen LogP contribution in [-0.4, -0.2) is 17.5 Å². The maximum absolute atomic E-state index is 13.5. The first-order chi connectivity index (χ1) is 6.72. The molecule has 3 rings (SSSR count). The van der Waals surface area contributed by atoms with Gasteiger partial charge in [-0.05, 0) is 36.6 Å². The molecule has 1 spiro atoms. The number of hydrogen-bond acceptors (Lipinski definition) is 2. The van der Waals surface area contributed by atoms with Crippen molar-refractivity contribution in [1.29, 1.82) is 0 Å². The molecule has 1 aromatic carbocycles. The molecule has 3 heteroatoms. The standard InChI is InChI=1S/C11H10FNO/c12-10-3-4-11(10)6-13-9-2-1-7(14)5-8(9)11/h1-2,5-6,10,14H,3-4H2. The quantitative estimate of drug-likeness (QED) is 0.671. The van der Waals surface area contributed by atoms with Crippen LogP contribution < -0.4 is 0 Å². The molecule has 14 heavy (non-hydrogen) atoms. The van der Waals surface area contributed by atoms with Crippen molar-refractivity contribution in [3.8, 4) is 5.75 Å². The molecule has 1 heterocycles. The number of halogens is 1. The van der Waals surface area contributed by atoms with E-state index in [0.717, 1.165) is 17.7 Å². The van der Waals surface area contributed by atoms with Crippen LogP contribution in [0.5, 0.6) is 5.75 Å². The summed E-state index contributed by atoms with van der Waals surface area (Å²) >= 11 is 0. The Morgan fingerprint density at radius 1 is 1.50 bits per heavy atom. The van der Waals surface area contributed by atoms with Gasteiger partial charge in [-0.2, -0.15) is 0 Å². The van der Waals surface area contributed by atoms with Crippen molar-refractivity contribution >= 4 is 11.9 Å². The van der Waals surface area contributed by atoms with Gasteiger partial charge in [0.15, 0.2) is 0 Å². The van der Waals surface area contributed by atoms with Gasteiger partial charge in [0.2, 0.25) is 0 Å². The molecule has 1 N–H and O–H groups in total. The highest BCUT2D eigenvalue weighted by molar-refractivity contribution is 5.87. The van der Waals surface area contributed by atoms with Crippen LogP contribution in [0.3, 0.4) is 0 Å². The van der Waals surface area contributed by atoms with Crippen molar-refractivity contribution in [1.82, 2.24) is 0 Å². The number of aromatic hydroxyl groups is 1. The highest BCUT2D eigenvalue weighted by atomic mass is 19.1. The average molecular weight is 191 g/mol. The van der Waals surface area contributed by atoms with E-state index >= 15 is 0 Å². The fourth-order valence-corrected chi connectivity index (χ4v) is 2.28. The first kappa shape index (κ1) is 7.97. The number of rotatable bonds is 0. The minimum absolute atomic E-state index is 0.188. The Morgan fingerprint density at radius 3 is 3.00 bits per heavy atom. The molecular formula is C11H10FNO. The van der Waals surface area contributed by atoms with Gasteiger partial charge in [-0.15, -0.1) is 0 Å². The molecule has 0 aromatic heterocycles. The van der Waals surface area contributed by atoms with Gasteiger partial charge in [0.1, 0.15) is 11.9 Å². The van der Waals surface area contributed by atoms with Crippen molar-refractivity contribution < 1.29 is 9.50 Å². The lowest BCUT2D eigenvalue weighted by atomic mass is 9.64. The Labute approximate surface area is 81.1 Å². The van der Waals surface area contributed by atoms with Crippen LogP contribution in [0, 0.1) is 0 Å². The molecule has 2 aliphatic rings. The molecule has 0 saturated heterocycles. The fraction of sp³-hybridized carbons (Fsp3) is 0.364. The fourth-order valence-electron chi connectivity index (χ4n) is 2.28. The second-order valence-corrected chi connectivity index (χ2v) is 4.01. The van der Waals surface area contributed by atoms with Gasteiger partial charge in [0, 0.05) is 6.21 Å². The second-order valence-electron chi connectivity index (χ2n) is 4.01. The van der Waals surface area contributed by atoms with E-state index in [4.69, 9.17) is 0 Å². The van der Waals surface area contributed by atoms with E-state index in [9.17, 15) is 9.50 Å². The summed E-state index contributed by atoms with van der Waals surface area (Å²) in [4.78, 5) is 4.19. The van der Waals surface area contributed by atoms with E-state index in [-0.39, 0.29) is 5.75 Å². The summed E-state index contributed by atoms with van der Waals surface area (Å²) in [7, 11) is 0. The van der Waals surface area contributed by atoms with Crippen LogP contribution in [0.2, 0.25) is 0 Å². The summed E-state index contributed by atoms with van der Waals surface area (Å²) in [6, 6.07) is 4.95. The molecule has 0 radical (unpaired) electrons. The van der Waals surface area contributed by atoms with Crippen LogP contribution in [0.4, 0.5) is 10.1 Å². The zero-order valence-corrected chi connectivity index (χ0v) is 7.57. The molecule has 1 aromatic rings. The van der Waals surface area contributed by atoms with Crippen molar-refractivity contribution in [3.05, 3.63) is 23.8 Å². The summed E-state index contributed by atoms with van der Waals surface area (Å²) in [5.74, 6) is 0.188. The molecule has 2 unspecified atom stereocenters. The lowest BCUT2D eigenvalue weighted by molar-refractivity contribution is 0.132. The Bertz CT molecular complexity index is 429. The summed E-state index contributed by atoms with van der Waals surface area (Å²) in [6.45, 7) is 0. The third-order valence-corrected chi connectivity index (χ3v) is 3.29. The number of nitrogens with zero attached hydrogens (tertiary/aromatic N) is 1. The van der Waals surface area contributed by atoms with E-state index in [0.29, 0.717) is 6.42 Å². The average Bonchev–Trinajstić information content (AvgIpc) is 2.56. The Balaban J connectivity index is 2.17. The topological polar surface area (TPSA) is 32.6 Å². The summed E-state index contributed by atoms with van der Waals surface area (Å²) in [5.41, 5.74) is 1.12. The predicted octanol–water partition coefficient (Wildman–Crippen LogP) is 2.48. The molecule has 1 saturated carbocycles. The number of hydrogen-bond donors (Lipinski definition) is 1. The normalized spacial score (nSPS) is 33.1. The van der Waals surface area contributed by atoms with E-state index in [1.165, 1.54) is 0 Å². The first-order valence-electron chi connectivity index (χ1n) is 4.75. The minimum atomic E-state index is -0.839. The van der Waals surface area contributed by atoms with Crippen LogP contribution in [-0.2, 0) is 5.41 Å². The minimum Gasteiger partial charge on any atom is -0.508 e. The molecule has 1 aliphatic carbocycles. The monoisotopic (exact) mass is 191 g/mol. The summed E-state index contributed by atoms with van der Waals surface area (Å²) < 4.78 is 13.5. The van der Waals surface area contributed by atoms with E-state index in [2.05, 4.69) is 4.99 Å². The zero-order valence-electron chi connectivity index (χ0n) is 7.57. The summed E-state index contributed by atoms with van der Waals surface area (Å²) in [5, 5.41) is 9.36. The number of aliphatic imine (C=N–C) groups is 1. The molecule has 2 nitrogen and oxygen atoms in total. The number of fused-ring (bicyclic) bond motifs is 2. The first-order valence-corrected chi connectivity index (χ1v) is 4.75. The molecular weight excluding hydrogens is 181 g/mol. The number of phenols is 1. The second kappa shape index (κ2) is 2.35. The third-order valence-electron chi connectivity index (χ3n) is 3.29. The smallest absolute Gasteiger partial charge is 0.116 e. The molecule has 2 atom stereocenters. The Hall–Kier alpha value is -1.38. The highest BCUT2D eigenvalue weighted by Gasteiger charge is 2.51. The van der Waals surface area contributed by atoms with Gasteiger partial charge in [0.25, 0.3) is 0 Å². The van der Waals surface area contributed by atoms with Crippen LogP contribution >= 0.6 is 0 Å². The summed E-state index contributed by atoms with van der Waals surface area (Å²) in [6.07, 6.45) is 2.26. The number of phenolic OH excluding ortho intramolecular Hbond substituents is 1. The lowest BCUT2D eigenvalue weighted by Gasteiger charge is -2.40. The molecule has 1 fully saturated rings. The van der Waals surface area contributed by atoms with E-state index in [1.54, 1.807) is 24.4 Å². The van der Waals surface area contributed by atoms with Gasteiger partial charge in [-0.3, -0.25) is 4.99 Å². The SMILES string of the molecule is Oc1ccc2c(c1)C1(C=N2)CCC1F. The van der Waals surface area contributed by atoms with Crippen molar-refractivity contribution in [2.75, 3.05) is 0 Å². The van der Waals surface area contributed by atoms with Crippen molar-refractivity contribution in [3.63, 3.8) is 0 Å². The largest absolute Gasteiger partial charge is 0.508 e. The van der Waals surface area contributed by atoms with Gasteiger partial charge < -0.3 is 5.11 Å². The zero-order chi connectivity index (χ0) is 9.76. The van der Waals surface area contributed by atoms with Crippen molar-refractivity contribution in [2.45, 2.75) is 24.4 Å². The predicted molar refractivity (Wildman–Crippen MR) is 52.1 cm³/mol. The molecule has 0 bridgehead atoms. The maximum atomic E-state index is 13.5. The lowest BCUT2D eigenvalue weighted by Crippen LogP contribution is -2.46. The maximum Gasteiger partial charge on any atom is 0.116 e. The Morgan fingerprint density at radius 2 is 2.36 bits per heavy atom. The van der Waals surface area contributed by atoms with Crippen LogP contribution in [0.15, 0.2) is 23.2 Å².